The number of ether oxygens (including phenoxy) is 2. The van der Waals surface area contributed by atoms with Gasteiger partial charge in [-0.05, 0) is 19.1 Å². The van der Waals surface area contributed by atoms with Crippen LogP contribution >= 0.6 is 0 Å². The third kappa shape index (κ3) is 2.50. The molecule has 1 heterocycles. The molecule has 1 amide bonds. The zero-order valence-electron chi connectivity index (χ0n) is 9.55. The molecule has 0 saturated carbocycles. The Balaban J connectivity index is 2.09. The average Bonchev–Trinajstić information content (AvgIpc) is 2.35. The molecule has 2 unspecified atom stereocenters. The second-order valence-corrected chi connectivity index (χ2v) is 3.82. The lowest BCUT2D eigenvalue weighted by Gasteiger charge is -2.30. The molecule has 1 aliphatic rings. The van der Waals surface area contributed by atoms with Crippen molar-refractivity contribution in [3.8, 4) is 11.5 Å². The topological polar surface area (TPSA) is 67.8 Å². The maximum atomic E-state index is 11.7. The van der Waals surface area contributed by atoms with Crippen LogP contribution in [-0.4, -0.2) is 36.4 Å². The van der Waals surface area contributed by atoms with Crippen molar-refractivity contribution in [2.45, 2.75) is 19.1 Å². The number of carbonyl (C=O) groups excluding carboxylic acids is 1. The van der Waals surface area contributed by atoms with Crippen LogP contribution in [-0.2, 0) is 4.79 Å². The van der Waals surface area contributed by atoms with E-state index in [4.69, 9.17) is 14.6 Å². The Morgan fingerprint density at radius 2 is 2.00 bits per heavy atom. The Morgan fingerprint density at radius 1 is 1.35 bits per heavy atom. The zero-order valence-corrected chi connectivity index (χ0v) is 9.55. The molecule has 0 aromatic heterocycles. The highest BCUT2D eigenvalue weighted by Gasteiger charge is 2.33. The van der Waals surface area contributed by atoms with Gasteiger partial charge in [-0.15, -0.1) is 0 Å². The largest absolute Gasteiger partial charge is 0.482 e. The maximum Gasteiger partial charge on any atom is 0.265 e. The van der Waals surface area contributed by atoms with Gasteiger partial charge in [0.1, 0.15) is 6.10 Å². The van der Waals surface area contributed by atoms with Crippen LogP contribution < -0.4 is 14.8 Å². The third-order valence-corrected chi connectivity index (χ3v) is 2.51. The van der Waals surface area contributed by atoms with E-state index in [2.05, 4.69) is 5.32 Å². The number of carbonyl (C=O) groups is 1. The van der Waals surface area contributed by atoms with E-state index < -0.39 is 6.10 Å². The van der Waals surface area contributed by atoms with Gasteiger partial charge < -0.3 is 19.9 Å². The lowest BCUT2D eigenvalue weighted by molar-refractivity contribution is -0.133. The Morgan fingerprint density at radius 3 is 2.65 bits per heavy atom. The maximum absolute atomic E-state index is 11.7. The highest BCUT2D eigenvalue weighted by Crippen LogP contribution is 2.33. The number of amides is 1. The Bertz CT molecular complexity index is 407. The highest BCUT2D eigenvalue weighted by atomic mass is 16.6. The summed E-state index contributed by atoms with van der Waals surface area (Å²) in [5, 5.41) is 11.2. The average molecular weight is 237 g/mol. The summed E-state index contributed by atoms with van der Waals surface area (Å²) >= 11 is 0. The molecule has 0 spiro atoms. The molecule has 0 radical (unpaired) electrons. The Labute approximate surface area is 99.3 Å². The van der Waals surface area contributed by atoms with E-state index in [0.717, 1.165) is 0 Å². The molecule has 2 N–H and O–H groups in total. The van der Waals surface area contributed by atoms with Crippen LogP contribution in [0.15, 0.2) is 24.3 Å². The van der Waals surface area contributed by atoms with Gasteiger partial charge in [0.25, 0.3) is 5.91 Å². The predicted molar refractivity (Wildman–Crippen MR) is 61.0 cm³/mol. The van der Waals surface area contributed by atoms with Crippen LogP contribution in [0.5, 0.6) is 11.5 Å². The number of fused-ring (bicyclic) bond motifs is 1. The number of para-hydroxylation sites is 2. The number of aliphatic hydroxyl groups is 1. The standard InChI is InChI=1S/C12H15NO4/c1-8-11(12(15)13-6-7-14)17-10-5-3-2-4-9(10)16-8/h2-5,8,11,14H,6-7H2,1H3,(H,13,15). The molecule has 1 aromatic carbocycles. The molecule has 2 atom stereocenters. The molecular formula is C12H15NO4. The predicted octanol–water partition coefficient (Wildman–Crippen LogP) is 0.323. The zero-order chi connectivity index (χ0) is 12.3. The van der Waals surface area contributed by atoms with Crippen molar-refractivity contribution in [2.75, 3.05) is 13.2 Å². The van der Waals surface area contributed by atoms with Gasteiger partial charge in [-0.3, -0.25) is 4.79 Å². The van der Waals surface area contributed by atoms with E-state index in [1.165, 1.54) is 0 Å². The number of aliphatic hydroxyl groups excluding tert-OH is 1. The van der Waals surface area contributed by atoms with E-state index in [9.17, 15) is 4.79 Å². The van der Waals surface area contributed by atoms with Crippen molar-refractivity contribution in [3.63, 3.8) is 0 Å². The first kappa shape index (κ1) is 11.7. The smallest absolute Gasteiger partial charge is 0.265 e. The van der Waals surface area contributed by atoms with Crippen molar-refractivity contribution in [1.29, 1.82) is 0 Å². The first-order chi connectivity index (χ1) is 8.22. The molecule has 92 valence electrons. The molecule has 2 rings (SSSR count). The van der Waals surface area contributed by atoms with E-state index in [1.54, 1.807) is 19.1 Å². The lowest BCUT2D eigenvalue weighted by atomic mass is 10.1. The summed E-state index contributed by atoms with van der Waals surface area (Å²) in [7, 11) is 0. The van der Waals surface area contributed by atoms with Gasteiger partial charge in [-0.25, -0.2) is 0 Å². The van der Waals surface area contributed by atoms with Gasteiger partial charge in [0.05, 0.1) is 6.61 Å². The molecule has 17 heavy (non-hydrogen) atoms. The SMILES string of the molecule is CC1Oc2ccccc2OC1C(=O)NCCO. The number of hydrogen-bond donors (Lipinski definition) is 2. The lowest BCUT2D eigenvalue weighted by Crippen LogP contribution is -2.49. The van der Waals surface area contributed by atoms with Gasteiger partial charge in [0, 0.05) is 6.54 Å². The minimum absolute atomic E-state index is 0.0930. The van der Waals surface area contributed by atoms with Crippen molar-refractivity contribution < 1.29 is 19.4 Å². The van der Waals surface area contributed by atoms with Crippen molar-refractivity contribution in [3.05, 3.63) is 24.3 Å². The monoisotopic (exact) mass is 237 g/mol. The van der Waals surface area contributed by atoms with Gasteiger partial charge in [-0.2, -0.15) is 0 Å². The van der Waals surface area contributed by atoms with Crippen LogP contribution in [0.4, 0.5) is 0 Å². The van der Waals surface area contributed by atoms with E-state index >= 15 is 0 Å². The normalized spacial score (nSPS) is 22.0. The van der Waals surface area contributed by atoms with E-state index in [-0.39, 0.29) is 25.2 Å². The van der Waals surface area contributed by atoms with Gasteiger partial charge in [-0.1, -0.05) is 12.1 Å². The Kier molecular flexibility index (Phi) is 3.49. The van der Waals surface area contributed by atoms with E-state index in [0.29, 0.717) is 11.5 Å². The minimum atomic E-state index is -0.684. The summed E-state index contributed by atoms with van der Waals surface area (Å²) in [5.74, 6) is 0.932. The summed E-state index contributed by atoms with van der Waals surface area (Å²) in [6, 6.07) is 7.23. The Hall–Kier alpha value is -1.75. The number of benzene rings is 1. The van der Waals surface area contributed by atoms with E-state index in [1.807, 2.05) is 12.1 Å². The second-order valence-electron chi connectivity index (χ2n) is 3.82. The molecule has 5 heteroatoms. The van der Waals surface area contributed by atoms with Crippen molar-refractivity contribution in [2.24, 2.45) is 0 Å². The van der Waals surface area contributed by atoms with Crippen LogP contribution in [0.25, 0.3) is 0 Å². The number of hydrogen-bond acceptors (Lipinski definition) is 4. The fourth-order valence-electron chi connectivity index (χ4n) is 1.69. The number of nitrogens with one attached hydrogen (secondary N) is 1. The quantitative estimate of drug-likeness (QED) is 0.794. The van der Waals surface area contributed by atoms with Crippen LogP contribution in [0, 0.1) is 0 Å². The van der Waals surface area contributed by atoms with Crippen molar-refractivity contribution >= 4 is 5.91 Å². The summed E-state index contributed by atoms with van der Waals surface area (Å²) in [4.78, 5) is 11.7. The van der Waals surface area contributed by atoms with Gasteiger partial charge in [0.15, 0.2) is 11.5 Å². The summed E-state index contributed by atoms with van der Waals surface area (Å²) in [5.41, 5.74) is 0. The molecule has 5 nitrogen and oxygen atoms in total. The van der Waals surface area contributed by atoms with Crippen molar-refractivity contribution in [1.82, 2.24) is 5.32 Å². The molecule has 0 bridgehead atoms. The molecule has 0 saturated heterocycles. The molecule has 0 fully saturated rings. The summed E-state index contributed by atoms with van der Waals surface area (Å²) in [6.07, 6.45) is -1.04. The minimum Gasteiger partial charge on any atom is -0.482 e. The molecule has 0 aliphatic carbocycles. The molecule has 1 aliphatic heterocycles. The first-order valence-corrected chi connectivity index (χ1v) is 5.53. The second kappa shape index (κ2) is 5.05. The fraction of sp³-hybridized carbons (Fsp3) is 0.417. The molecular weight excluding hydrogens is 222 g/mol. The van der Waals surface area contributed by atoms with Gasteiger partial charge in [0.2, 0.25) is 6.10 Å². The van der Waals surface area contributed by atoms with Gasteiger partial charge >= 0.3 is 0 Å². The highest BCUT2D eigenvalue weighted by molar-refractivity contribution is 5.82. The molecule has 1 aromatic rings. The fourth-order valence-corrected chi connectivity index (χ4v) is 1.69. The first-order valence-electron chi connectivity index (χ1n) is 5.53. The van der Waals surface area contributed by atoms with Crippen LogP contribution in [0.3, 0.4) is 0 Å². The van der Waals surface area contributed by atoms with Crippen LogP contribution in [0.2, 0.25) is 0 Å². The number of rotatable bonds is 3. The third-order valence-electron chi connectivity index (χ3n) is 2.51. The summed E-state index contributed by atoms with van der Waals surface area (Å²) in [6.45, 7) is 1.90. The van der Waals surface area contributed by atoms with Crippen LogP contribution in [0.1, 0.15) is 6.92 Å². The summed E-state index contributed by atoms with van der Waals surface area (Å²) < 4.78 is 11.2.